The van der Waals surface area contributed by atoms with E-state index in [-0.39, 0.29) is 11.7 Å². The molecule has 1 rings (SSSR count). The van der Waals surface area contributed by atoms with Crippen LogP contribution in [0.3, 0.4) is 0 Å². The quantitative estimate of drug-likeness (QED) is 0.748. The highest BCUT2D eigenvalue weighted by molar-refractivity contribution is 7.99. The number of carbonyl (C=O) groups is 2. The number of amides is 1. The fourth-order valence-electron chi connectivity index (χ4n) is 1.80. The number of carbonyl (C=O) groups excluding carboxylic acids is 1. The molecule has 1 aromatic rings. The summed E-state index contributed by atoms with van der Waals surface area (Å²) in [6.07, 6.45) is 0. The summed E-state index contributed by atoms with van der Waals surface area (Å²) in [5, 5.41) is 11.3. The summed E-state index contributed by atoms with van der Waals surface area (Å²) in [6.45, 7) is 2.43. The SMILES string of the molecule is Cc1cc(C(=O)NCCSCC(=O)O)ccc1N(C)C. The molecule has 0 saturated heterocycles. The maximum Gasteiger partial charge on any atom is 0.313 e. The molecule has 5 nitrogen and oxygen atoms in total. The predicted octanol–water partition coefficient (Wildman–Crippen LogP) is 1.61. The molecule has 0 spiro atoms. The minimum absolute atomic E-state index is 0.0620. The van der Waals surface area contributed by atoms with Gasteiger partial charge in [0, 0.05) is 37.6 Å². The van der Waals surface area contributed by atoms with Crippen LogP contribution < -0.4 is 10.2 Å². The van der Waals surface area contributed by atoms with Crippen LogP contribution in [-0.4, -0.2) is 49.1 Å². The largest absolute Gasteiger partial charge is 0.481 e. The lowest BCUT2D eigenvalue weighted by molar-refractivity contribution is -0.133. The lowest BCUT2D eigenvalue weighted by Gasteiger charge is -2.16. The summed E-state index contributed by atoms with van der Waals surface area (Å²) in [4.78, 5) is 24.3. The molecule has 0 unspecified atom stereocenters. The van der Waals surface area contributed by atoms with E-state index in [9.17, 15) is 9.59 Å². The van der Waals surface area contributed by atoms with Gasteiger partial charge in [-0.2, -0.15) is 0 Å². The summed E-state index contributed by atoms with van der Waals surface area (Å²) in [5.74, 6) is -0.315. The molecule has 2 N–H and O–H groups in total. The molecule has 0 aliphatic carbocycles. The van der Waals surface area contributed by atoms with E-state index in [4.69, 9.17) is 5.11 Å². The third-order valence-corrected chi connectivity index (χ3v) is 3.64. The molecular weight excluding hydrogens is 276 g/mol. The average Bonchev–Trinajstić information content (AvgIpc) is 2.37. The van der Waals surface area contributed by atoms with Gasteiger partial charge in [0.2, 0.25) is 0 Å². The number of anilines is 1. The van der Waals surface area contributed by atoms with Crippen LogP contribution in [0.1, 0.15) is 15.9 Å². The van der Waals surface area contributed by atoms with Gasteiger partial charge in [0.1, 0.15) is 0 Å². The Balaban J connectivity index is 2.48. The minimum Gasteiger partial charge on any atom is -0.481 e. The van der Waals surface area contributed by atoms with E-state index in [1.807, 2.05) is 38.1 Å². The van der Waals surface area contributed by atoms with Crippen molar-refractivity contribution < 1.29 is 14.7 Å². The number of aryl methyl sites for hydroxylation is 1. The minimum atomic E-state index is -0.837. The second-order valence-corrected chi connectivity index (χ2v) is 5.70. The number of carboxylic acids is 1. The third kappa shape index (κ3) is 5.13. The molecule has 0 fully saturated rings. The van der Waals surface area contributed by atoms with Gasteiger partial charge in [-0.25, -0.2) is 0 Å². The van der Waals surface area contributed by atoms with Gasteiger partial charge < -0.3 is 15.3 Å². The Morgan fingerprint density at radius 1 is 1.35 bits per heavy atom. The maximum absolute atomic E-state index is 11.9. The van der Waals surface area contributed by atoms with Crippen LogP contribution in [0.15, 0.2) is 18.2 Å². The molecular formula is C14H20N2O3S. The highest BCUT2D eigenvalue weighted by Gasteiger charge is 2.08. The van der Waals surface area contributed by atoms with E-state index >= 15 is 0 Å². The molecule has 0 aliphatic heterocycles. The molecule has 1 amide bonds. The first-order valence-electron chi connectivity index (χ1n) is 6.27. The van der Waals surface area contributed by atoms with Crippen molar-refractivity contribution in [1.82, 2.24) is 5.32 Å². The van der Waals surface area contributed by atoms with Crippen LogP contribution in [0.2, 0.25) is 0 Å². The van der Waals surface area contributed by atoms with E-state index in [0.717, 1.165) is 11.3 Å². The third-order valence-electron chi connectivity index (χ3n) is 2.70. The number of thioether (sulfide) groups is 1. The van der Waals surface area contributed by atoms with Gasteiger partial charge in [-0.1, -0.05) is 0 Å². The molecule has 0 aromatic heterocycles. The molecule has 0 aliphatic rings. The average molecular weight is 296 g/mol. The van der Waals surface area contributed by atoms with Gasteiger partial charge in [0.05, 0.1) is 5.75 Å². The van der Waals surface area contributed by atoms with Crippen LogP contribution >= 0.6 is 11.8 Å². The zero-order chi connectivity index (χ0) is 15.1. The number of carboxylic acid groups (broad SMARTS) is 1. The second kappa shape index (κ2) is 7.79. The Hall–Kier alpha value is -1.69. The van der Waals surface area contributed by atoms with Crippen molar-refractivity contribution in [3.05, 3.63) is 29.3 Å². The first-order valence-corrected chi connectivity index (χ1v) is 7.43. The smallest absolute Gasteiger partial charge is 0.313 e. The van der Waals surface area contributed by atoms with Crippen molar-refractivity contribution in [3.63, 3.8) is 0 Å². The first-order chi connectivity index (χ1) is 9.41. The lowest BCUT2D eigenvalue weighted by Crippen LogP contribution is -2.26. The molecule has 0 heterocycles. The number of rotatable bonds is 7. The Labute approximate surface area is 123 Å². The number of nitrogens with one attached hydrogen (secondary N) is 1. The van der Waals surface area contributed by atoms with Gasteiger partial charge in [0.25, 0.3) is 5.91 Å². The topological polar surface area (TPSA) is 69.6 Å². The Bertz CT molecular complexity index is 489. The highest BCUT2D eigenvalue weighted by Crippen LogP contribution is 2.18. The monoisotopic (exact) mass is 296 g/mol. The van der Waals surface area contributed by atoms with Crippen LogP contribution in [0.5, 0.6) is 0 Å². The van der Waals surface area contributed by atoms with Crippen LogP contribution in [0, 0.1) is 6.92 Å². The number of nitrogens with zero attached hydrogens (tertiary/aromatic N) is 1. The second-order valence-electron chi connectivity index (χ2n) is 4.60. The van der Waals surface area contributed by atoms with E-state index in [1.54, 1.807) is 6.07 Å². The molecule has 1 aromatic carbocycles. The van der Waals surface area contributed by atoms with E-state index in [1.165, 1.54) is 11.8 Å². The van der Waals surface area contributed by atoms with Gasteiger partial charge in [-0.15, -0.1) is 11.8 Å². The fourth-order valence-corrected chi connectivity index (χ4v) is 2.36. The summed E-state index contributed by atoms with van der Waals surface area (Å²) in [5.41, 5.74) is 2.75. The van der Waals surface area contributed by atoms with Gasteiger partial charge in [0.15, 0.2) is 0 Å². The molecule has 0 saturated carbocycles. The van der Waals surface area contributed by atoms with E-state index in [0.29, 0.717) is 17.9 Å². The summed E-state index contributed by atoms with van der Waals surface area (Å²) in [7, 11) is 3.92. The number of hydrogen-bond acceptors (Lipinski definition) is 4. The zero-order valence-electron chi connectivity index (χ0n) is 12.0. The number of aliphatic carboxylic acids is 1. The summed E-state index contributed by atoms with van der Waals surface area (Å²) in [6, 6.07) is 5.57. The Kier molecular flexibility index (Phi) is 6.38. The molecule has 6 heteroatoms. The normalized spacial score (nSPS) is 10.2. The predicted molar refractivity (Wildman–Crippen MR) is 82.8 cm³/mol. The van der Waals surface area contributed by atoms with Crippen molar-refractivity contribution in [2.75, 3.05) is 37.0 Å². The van der Waals surface area contributed by atoms with Crippen molar-refractivity contribution >= 4 is 29.3 Å². The van der Waals surface area contributed by atoms with Crippen LogP contribution in [0.4, 0.5) is 5.69 Å². The summed E-state index contributed by atoms with van der Waals surface area (Å²) < 4.78 is 0. The van der Waals surface area contributed by atoms with Crippen molar-refractivity contribution in [2.45, 2.75) is 6.92 Å². The number of benzene rings is 1. The molecule has 20 heavy (non-hydrogen) atoms. The van der Waals surface area contributed by atoms with Gasteiger partial charge in [-0.05, 0) is 30.7 Å². The number of hydrogen-bond donors (Lipinski definition) is 2. The highest BCUT2D eigenvalue weighted by atomic mass is 32.2. The molecule has 0 bridgehead atoms. The maximum atomic E-state index is 11.9. The van der Waals surface area contributed by atoms with Gasteiger partial charge >= 0.3 is 5.97 Å². The van der Waals surface area contributed by atoms with Crippen molar-refractivity contribution in [1.29, 1.82) is 0 Å². The summed E-state index contributed by atoms with van der Waals surface area (Å²) >= 11 is 1.29. The fraction of sp³-hybridized carbons (Fsp3) is 0.429. The van der Waals surface area contributed by atoms with Crippen molar-refractivity contribution in [3.8, 4) is 0 Å². The van der Waals surface area contributed by atoms with Gasteiger partial charge in [-0.3, -0.25) is 9.59 Å². The van der Waals surface area contributed by atoms with E-state index < -0.39 is 5.97 Å². The first kappa shape index (κ1) is 16.4. The van der Waals surface area contributed by atoms with Crippen LogP contribution in [-0.2, 0) is 4.79 Å². The molecule has 110 valence electrons. The molecule has 0 radical (unpaired) electrons. The Morgan fingerprint density at radius 2 is 2.05 bits per heavy atom. The zero-order valence-corrected chi connectivity index (χ0v) is 12.8. The molecule has 0 atom stereocenters. The standard InChI is InChI=1S/C14H20N2O3S/c1-10-8-11(4-5-12(10)16(2)3)14(19)15-6-7-20-9-13(17)18/h4-5,8H,6-7,9H2,1-3H3,(H,15,19)(H,17,18). The Morgan fingerprint density at radius 3 is 2.60 bits per heavy atom. The van der Waals surface area contributed by atoms with Crippen LogP contribution in [0.25, 0.3) is 0 Å². The van der Waals surface area contributed by atoms with Crippen molar-refractivity contribution in [2.24, 2.45) is 0 Å². The van der Waals surface area contributed by atoms with E-state index in [2.05, 4.69) is 5.32 Å². The lowest BCUT2D eigenvalue weighted by atomic mass is 10.1.